The Morgan fingerprint density at radius 3 is 2.35 bits per heavy atom. The molecular formula is C16H23NO3. The molecule has 1 amide bonds. The van der Waals surface area contributed by atoms with Gasteiger partial charge in [0.2, 0.25) is 5.91 Å². The van der Waals surface area contributed by atoms with Crippen molar-refractivity contribution in [2.45, 2.75) is 45.4 Å². The van der Waals surface area contributed by atoms with Gasteiger partial charge in [0.25, 0.3) is 0 Å². The Morgan fingerprint density at radius 2 is 1.70 bits per heavy atom. The van der Waals surface area contributed by atoms with Crippen LogP contribution in [0.4, 0.5) is 5.69 Å². The third kappa shape index (κ3) is 6.36. The van der Waals surface area contributed by atoms with Crippen molar-refractivity contribution in [1.29, 1.82) is 0 Å². The lowest BCUT2D eigenvalue weighted by molar-refractivity contribution is -0.117. The second-order valence-electron chi connectivity index (χ2n) is 4.86. The molecule has 20 heavy (non-hydrogen) atoms. The summed E-state index contributed by atoms with van der Waals surface area (Å²) in [5.74, 6) is 0.905. The number of hydrogen-bond acceptors (Lipinski definition) is 3. The molecule has 0 spiro atoms. The number of carbonyl (C=O) groups is 2. The highest BCUT2D eigenvalue weighted by molar-refractivity contribution is 5.92. The zero-order chi connectivity index (χ0) is 14.8. The molecule has 0 radical (unpaired) electrons. The summed E-state index contributed by atoms with van der Waals surface area (Å²) >= 11 is 0. The van der Waals surface area contributed by atoms with Gasteiger partial charge in [0.05, 0.1) is 12.8 Å². The van der Waals surface area contributed by atoms with E-state index in [1.165, 1.54) is 0 Å². The largest absolute Gasteiger partial charge is 0.495 e. The van der Waals surface area contributed by atoms with Gasteiger partial charge in [-0.1, -0.05) is 25.0 Å². The summed E-state index contributed by atoms with van der Waals surface area (Å²) in [6, 6.07) is 7.37. The second kappa shape index (κ2) is 9.13. The molecule has 1 aromatic rings. The van der Waals surface area contributed by atoms with Gasteiger partial charge in [-0.05, 0) is 31.9 Å². The smallest absolute Gasteiger partial charge is 0.224 e. The zero-order valence-corrected chi connectivity index (χ0v) is 12.3. The second-order valence-corrected chi connectivity index (χ2v) is 4.86. The minimum Gasteiger partial charge on any atom is -0.495 e. The molecule has 0 aliphatic rings. The van der Waals surface area contributed by atoms with E-state index in [-0.39, 0.29) is 11.7 Å². The van der Waals surface area contributed by atoms with Crippen LogP contribution >= 0.6 is 0 Å². The van der Waals surface area contributed by atoms with Crippen LogP contribution in [0, 0.1) is 0 Å². The number of benzene rings is 1. The number of unbranched alkanes of at least 4 members (excludes halogenated alkanes) is 3. The van der Waals surface area contributed by atoms with Crippen LogP contribution in [0.5, 0.6) is 5.75 Å². The van der Waals surface area contributed by atoms with Crippen molar-refractivity contribution in [3.05, 3.63) is 24.3 Å². The van der Waals surface area contributed by atoms with Crippen LogP contribution in [0.1, 0.15) is 45.4 Å². The molecule has 0 atom stereocenters. The predicted octanol–water partition coefficient (Wildman–Crippen LogP) is 3.56. The molecule has 0 aliphatic carbocycles. The molecule has 1 rings (SSSR count). The fourth-order valence-corrected chi connectivity index (χ4v) is 1.97. The van der Waals surface area contributed by atoms with E-state index < -0.39 is 0 Å². The van der Waals surface area contributed by atoms with Crippen LogP contribution in [-0.2, 0) is 9.59 Å². The van der Waals surface area contributed by atoms with Gasteiger partial charge in [-0.15, -0.1) is 0 Å². The first-order valence-corrected chi connectivity index (χ1v) is 7.06. The van der Waals surface area contributed by atoms with Crippen LogP contribution < -0.4 is 10.1 Å². The average molecular weight is 277 g/mol. The van der Waals surface area contributed by atoms with Crippen LogP contribution in [0.25, 0.3) is 0 Å². The van der Waals surface area contributed by atoms with Crippen molar-refractivity contribution in [3.63, 3.8) is 0 Å². The van der Waals surface area contributed by atoms with Gasteiger partial charge in [-0.25, -0.2) is 0 Å². The van der Waals surface area contributed by atoms with Crippen molar-refractivity contribution >= 4 is 17.4 Å². The number of Topliss-reactive ketones (excluding diaryl/α,β-unsaturated/α-hetero) is 1. The van der Waals surface area contributed by atoms with E-state index in [4.69, 9.17) is 4.74 Å². The summed E-state index contributed by atoms with van der Waals surface area (Å²) in [5, 5.41) is 2.85. The number of amides is 1. The monoisotopic (exact) mass is 277 g/mol. The fourth-order valence-electron chi connectivity index (χ4n) is 1.97. The number of nitrogens with one attached hydrogen (secondary N) is 1. The van der Waals surface area contributed by atoms with Crippen molar-refractivity contribution in [1.82, 2.24) is 0 Å². The number of ether oxygens (including phenoxy) is 1. The van der Waals surface area contributed by atoms with Crippen LogP contribution in [0.3, 0.4) is 0 Å². The molecule has 0 fully saturated rings. The molecule has 0 aliphatic heterocycles. The third-order valence-electron chi connectivity index (χ3n) is 3.06. The zero-order valence-electron chi connectivity index (χ0n) is 12.3. The lowest BCUT2D eigenvalue weighted by Crippen LogP contribution is -2.11. The molecule has 0 unspecified atom stereocenters. The Labute approximate surface area is 120 Å². The quantitative estimate of drug-likeness (QED) is 0.702. The maximum Gasteiger partial charge on any atom is 0.224 e. The SMILES string of the molecule is COc1ccccc1NC(=O)CCCCCCC(C)=O. The summed E-state index contributed by atoms with van der Waals surface area (Å²) in [7, 11) is 1.58. The van der Waals surface area contributed by atoms with Crippen LogP contribution in [0.2, 0.25) is 0 Å². The number of para-hydroxylation sites is 2. The Hall–Kier alpha value is -1.84. The van der Waals surface area contributed by atoms with Crippen molar-refractivity contribution in [2.75, 3.05) is 12.4 Å². The molecule has 1 aromatic carbocycles. The molecule has 0 saturated heterocycles. The Balaban J connectivity index is 2.22. The number of rotatable bonds is 9. The summed E-state index contributed by atoms with van der Waals surface area (Å²) in [6.45, 7) is 1.61. The van der Waals surface area contributed by atoms with Gasteiger partial charge < -0.3 is 14.8 Å². The van der Waals surface area contributed by atoms with Gasteiger partial charge in [0.15, 0.2) is 0 Å². The third-order valence-corrected chi connectivity index (χ3v) is 3.06. The molecule has 4 nitrogen and oxygen atoms in total. The molecule has 1 N–H and O–H groups in total. The highest BCUT2D eigenvalue weighted by Crippen LogP contribution is 2.23. The van der Waals surface area contributed by atoms with Crippen LogP contribution in [-0.4, -0.2) is 18.8 Å². The summed E-state index contributed by atoms with van der Waals surface area (Å²) in [6.07, 6.45) is 4.89. The minimum absolute atomic E-state index is 0.000989. The normalized spacial score (nSPS) is 10.1. The van der Waals surface area contributed by atoms with Gasteiger partial charge in [-0.2, -0.15) is 0 Å². The number of ketones is 1. The molecule has 110 valence electrons. The number of hydrogen-bond donors (Lipinski definition) is 1. The fraction of sp³-hybridized carbons (Fsp3) is 0.500. The van der Waals surface area contributed by atoms with E-state index in [1.807, 2.05) is 24.3 Å². The summed E-state index contributed by atoms with van der Waals surface area (Å²) < 4.78 is 5.18. The van der Waals surface area contributed by atoms with Crippen LogP contribution in [0.15, 0.2) is 24.3 Å². The van der Waals surface area contributed by atoms with E-state index in [9.17, 15) is 9.59 Å². The topological polar surface area (TPSA) is 55.4 Å². The maximum atomic E-state index is 11.8. The molecule has 0 aromatic heterocycles. The number of carbonyl (C=O) groups excluding carboxylic acids is 2. The number of methoxy groups -OCH3 is 1. The van der Waals surface area contributed by atoms with Gasteiger partial charge in [0.1, 0.15) is 11.5 Å². The van der Waals surface area contributed by atoms with E-state index >= 15 is 0 Å². The summed E-state index contributed by atoms with van der Waals surface area (Å²) in [4.78, 5) is 22.6. The molecule has 0 saturated carbocycles. The molecule has 4 heteroatoms. The van der Waals surface area contributed by atoms with Crippen molar-refractivity contribution in [3.8, 4) is 5.75 Å². The number of anilines is 1. The standard InChI is InChI=1S/C16H23NO3/c1-13(18)9-5-3-4-6-12-16(19)17-14-10-7-8-11-15(14)20-2/h7-8,10-11H,3-6,9,12H2,1-2H3,(H,17,19). The average Bonchev–Trinajstić information content (AvgIpc) is 2.43. The minimum atomic E-state index is 0.000989. The van der Waals surface area contributed by atoms with E-state index in [0.29, 0.717) is 24.3 Å². The first kappa shape index (κ1) is 16.2. The lowest BCUT2D eigenvalue weighted by atomic mass is 10.1. The highest BCUT2D eigenvalue weighted by atomic mass is 16.5. The first-order chi connectivity index (χ1) is 9.63. The van der Waals surface area contributed by atoms with Gasteiger partial charge >= 0.3 is 0 Å². The summed E-state index contributed by atoms with van der Waals surface area (Å²) in [5.41, 5.74) is 0.705. The first-order valence-electron chi connectivity index (χ1n) is 7.06. The Bertz CT molecular complexity index is 443. The van der Waals surface area contributed by atoms with Crippen molar-refractivity contribution in [2.24, 2.45) is 0 Å². The Morgan fingerprint density at radius 1 is 1.05 bits per heavy atom. The maximum absolute atomic E-state index is 11.8. The Kier molecular flexibility index (Phi) is 7.40. The molecule has 0 bridgehead atoms. The van der Waals surface area contributed by atoms with Gasteiger partial charge in [-0.3, -0.25) is 4.79 Å². The van der Waals surface area contributed by atoms with Gasteiger partial charge in [0, 0.05) is 12.8 Å². The molecule has 0 heterocycles. The van der Waals surface area contributed by atoms with E-state index in [2.05, 4.69) is 5.32 Å². The van der Waals surface area contributed by atoms with Crippen molar-refractivity contribution < 1.29 is 14.3 Å². The molecular weight excluding hydrogens is 254 g/mol. The lowest BCUT2D eigenvalue weighted by Gasteiger charge is -2.09. The highest BCUT2D eigenvalue weighted by Gasteiger charge is 2.06. The van der Waals surface area contributed by atoms with E-state index in [1.54, 1.807) is 14.0 Å². The van der Waals surface area contributed by atoms with E-state index in [0.717, 1.165) is 25.7 Å². The predicted molar refractivity (Wildman–Crippen MR) is 80.0 cm³/mol.